The fourth-order valence-corrected chi connectivity index (χ4v) is 2.90. The first-order valence-electron chi connectivity index (χ1n) is 7.59. The second kappa shape index (κ2) is 10.6. The Morgan fingerprint density at radius 2 is 1.63 bits per heavy atom. The van der Waals surface area contributed by atoms with Crippen LogP contribution in [0.2, 0.25) is 0 Å². The zero-order valence-corrected chi connectivity index (χ0v) is 13.9. The average Bonchev–Trinajstić information content (AvgIpc) is 2.34. The van der Waals surface area contributed by atoms with Crippen LogP contribution in [-0.4, -0.2) is 33.3 Å². The summed E-state index contributed by atoms with van der Waals surface area (Å²) < 4.78 is 26.4. The molecular weight excluding hydrogens is 260 g/mol. The zero-order valence-electron chi connectivity index (χ0n) is 13.0. The van der Waals surface area contributed by atoms with Gasteiger partial charge in [0.05, 0.1) is 5.25 Å². The maximum Gasteiger partial charge on any atom is 0.215 e. The highest BCUT2D eigenvalue weighted by Crippen LogP contribution is 2.09. The normalized spacial score (nSPS) is 13.9. The van der Waals surface area contributed by atoms with Crippen LogP contribution in [0.4, 0.5) is 0 Å². The minimum Gasteiger partial charge on any atom is -0.316 e. The molecule has 0 aliphatic heterocycles. The second-order valence-corrected chi connectivity index (χ2v) is 7.84. The Kier molecular flexibility index (Phi) is 10.6. The maximum absolute atomic E-state index is 11.9. The van der Waals surface area contributed by atoms with Gasteiger partial charge in [-0.1, -0.05) is 46.5 Å². The largest absolute Gasteiger partial charge is 0.316 e. The third-order valence-corrected chi connectivity index (χ3v) is 5.06. The average molecular weight is 292 g/mol. The van der Waals surface area contributed by atoms with Gasteiger partial charge in [0.2, 0.25) is 10.0 Å². The molecule has 0 radical (unpaired) electrons. The van der Waals surface area contributed by atoms with Crippen LogP contribution in [0, 0.1) is 5.92 Å². The van der Waals surface area contributed by atoms with Gasteiger partial charge in [0.15, 0.2) is 0 Å². The smallest absolute Gasteiger partial charge is 0.215 e. The van der Waals surface area contributed by atoms with Gasteiger partial charge in [-0.3, -0.25) is 0 Å². The topological polar surface area (TPSA) is 58.2 Å². The van der Waals surface area contributed by atoms with E-state index < -0.39 is 10.0 Å². The number of hydrogen-bond donors (Lipinski definition) is 2. The van der Waals surface area contributed by atoms with Crippen LogP contribution in [0.25, 0.3) is 0 Å². The first-order valence-corrected chi connectivity index (χ1v) is 9.14. The summed E-state index contributed by atoms with van der Waals surface area (Å²) in [5.41, 5.74) is 0. The minimum absolute atomic E-state index is 0.367. The molecule has 4 nitrogen and oxygen atoms in total. The third kappa shape index (κ3) is 10.3. The molecule has 0 aromatic carbocycles. The van der Waals surface area contributed by atoms with Gasteiger partial charge in [-0.25, -0.2) is 13.1 Å². The zero-order chi connectivity index (χ0) is 14.7. The summed E-state index contributed by atoms with van der Waals surface area (Å²) in [6.45, 7) is 10.1. The van der Waals surface area contributed by atoms with Crippen LogP contribution in [0.15, 0.2) is 0 Å². The molecule has 1 atom stereocenters. The maximum atomic E-state index is 11.9. The van der Waals surface area contributed by atoms with E-state index in [4.69, 9.17) is 0 Å². The highest BCUT2D eigenvalue weighted by Gasteiger charge is 2.18. The predicted octanol–water partition coefficient (Wildman–Crippen LogP) is 2.51. The van der Waals surface area contributed by atoms with Crippen molar-refractivity contribution >= 4 is 10.0 Å². The van der Waals surface area contributed by atoms with Crippen molar-refractivity contribution in [2.24, 2.45) is 5.92 Å². The van der Waals surface area contributed by atoms with E-state index in [0.29, 0.717) is 13.1 Å². The van der Waals surface area contributed by atoms with Crippen molar-refractivity contribution < 1.29 is 8.42 Å². The van der Waals surface area contributed by atoms with E-state index in [-0.39, 0.29) is 5.25 Å². The summed E-state index contributed by atoms with van der Waals surface area (Å²) >= 11 is 0. The van der Waals surface area contributed by atoms with Crippen molar-refractivity contribution in [2.75, 3.05) is 19.6 Å². The SMILES string of the molecule is CCNCC(C)S(=O)(=O)NCCCCCCC(C)C. The summed E-state index contributed by atoms with van der Waals surface area (Å²) in [5, 5.41) is 2.70. The first-order chi connectivity index (χ1) is 8.90. The molecule has 0 amide bonds. The predicted molar refractivity (Wildman–Crippen MR) is 82.9 cm³/mol. The van der Waals surface area contributed by atoms with Crippen molar-refractivity contribution in [3.8, 4) is 0 Å². The Morgan fingerprint density at radius 3 is 2.21 bits per heavy atom. The summed E-state index contributed by atoms with van der Waals surface area (Å²) in [7, 11) is -3.15. The Morgan fingerprint density at radius 1 is 1.00 bits per heavy atom. The molecule has 0 heterocycles. The van der Waals surface area contributed by atoms with Crippen molar-refractivity contribution in [3.05, 3.63) is 0 Å². The van der Waals surface area contributed by atoms with E-state index in [0.717, 1.165) is 25.3 Å². The molecular formula is C14H32N2O2S. The number of sulfonamides is 1. The first kappa shape index (κ1) is 18.9. The van der Waals surface area contributed by atoms with Gasteiger partial charge in [-0.05, 0) is 25.8 Å². The van der Waals surface area contributed by atoms with Crippen molar-refractivity contribution in [1.29, 1.82) is 0 Å². The summed E-state index contributed by atoms with van der Waals surface area (Å²) in [4.78, 5) is 0. The van der Waals surface area contributed by atoms with Crippen LogP contribution >= 0.6 is 0 Å². The highest BCUT2D eigenvalue weighted by molar-refractivity contribution is 7.90. The minimum atomic E-state index is -3.15. The monoisotopic (exact) mass is 292 g/mol. The molecule has 0 aromatic rings. The Bertz CT molecular complexity index is 303. The van der Waals surface area contributed by atoms with Gasteiger partial charge in [-0.15, -0.1) is 0 Å². The molecule has 0 aromatic heterocycles. The van der Waals surface area contributed by atoms with Crippen LogP contribution in [-0.2, 0) is 10.0 Å². The lowest BCUT2D eigenvalue weighted by Crippen LogP contribution is -2.39. The molecule has 0 saturated carbocycles. The summed E-state index contributed by atoms with van der Waals surface area (Å²) in [5.74, 6) is 0.769. The Hall–Kier alpha value is -0.130. The fraction of sp³-hybridized carbons (Fsp3) is 1.00. The van der Waals surface area contributed by atoms with Gasteiger partial charge in [0, 0.05) is 13.1 Å². The van der Waals surface area contributed by atoms with Crippen molar-refractivity contribution in [2.45, 2.75) is 65.0 Å². The highest BCUT2D eigenvalue weighted by atomic mass is 32.2. The van der Waals surface area contributed by atoms with Gasteiger partial charge < -0.3 is 5.32 Å². The molecule has 0 fully saturated rings. The van der Waals surface area contributed by atoms with Crippen molar-refractivity contribution in [3.63, 3.8) is 0 Å². The molecule has 0 rings (SSSR count). The lowest BCUT2D eigenvalue weighted by Gasteiger charge is -2.14. The Labute approximate surface area is 119 Å². The fourth-order valence-electron chi connectivity index (χ4n) is 1.85. The van der Waals surface area contributed by atoms with Gasteiger partial charge in [0.25, 0.3) is 0 Å². The molecule has 0 aliphatic carbocycles. The summed E-state index contributed by atoms with van der Waals surface area (Å²) in [6, 6.07) is 0. The van der Waals surface area contributed by atoms with Crippen LogP contribution < -0.4 is 10.0 Å². The lowest BCUT2D eigenvalue weighted by atomic mass is 10.0. The van der Waals surface area contributed by atoms with Crippen LogP contribution in [0.1, 0.15) is 59.8 Å². The van der Waals surface area contributed by atoms with Gasteiger partial charge in [-0.2, -0.15) is 0 Å². The number of nitrogens with one attached hydrogen (secondary N) is 2. The standard InChI is InChI=1S/C14H32N2O2S/c1-5-15-12-14(4)19(17,18)16-11-9-7-6-8-10-13(2)3/h13-16H,5-12H2,1-4H3. The number of hydrogen-bond acceptors (Lipinski definition) is 3. The molecule has 1 unspecified atom stereocenters. The van der Waals surface area contributed by atoms with Gasteiger partial charge in [0.1, 0.15) is 0 Å². The molecule has 0 bridgehead atoms. The number of rotatable bonds is 12. The molecule has 2 N–H and O–H groups in total. The quantitative estimate of drug-likeness (QED) is 0.543. The summed E-state index contributed by atoms with van der Waals surface area (Å²) in [6.07, 6.45) is 5.77. The van der Waals surface area contributed by atoms with Crippen molar-refractivity contribution in [1.82, 2.24) is 10.0 Å². The van der Waals surface area contributed by atoms with Gasteiger partial charge >= 0.3 is 0 Å². The van der Waals surface area contributed by atoms with E-state index in [2.05, 4.69) is 23.9 Å². The lowest BCUT2D eigenvalue weighted by molar-refractivity contribution is 0.516. The second-order valence-electron chi connectivity index (χ2n) is 5.65. The molecule has 0 aliphatic rings. The molecule has 116 valence electrons. The molecule has 0 saturated heterocycles. The third-order valence-electron chi connectivity index (χ3n) is 3.22. The van der Waals surface area contributed by atoms with E-state index in [1.165, 1.54) is 19.3 Å². The molecule has 19 heavy (non-hydrogen) atoms. The van der Waals surface area contributed by atoms with E-state index in [1.807, 2.05) is 6.92 Å². The van der Waals surface area contributed by atoms with Crippen LogP contribution in [0.3, 0.4) is 0 Å². The van der Waals surface area contributed by atoms with E-state index >= 15 is 0 Å². The number of unbranched alkanes of at least 4 members (excludes halogenated alkanes) is 3. The van der Waals surface area contributed by atoms with Crippen LogP contribution in [0.5, 0.6) is 0 Å². The van der Waals surface area contributed by atoms with E-state index in [1.54, 1.807) is 6.92 Å². The molecule has 0 spiro atoms. The molecule has 5 heteroatoms. The Balaban J connectivity index is 3.64. The van der Waals surface area contributed by atoms with E-state index in [9.17, 15) is 8.42 Å².